The minimum atomic E-state index is -0.179. The predicted octanol–water partition coefficient (Wildman–Crippen LogP) is 2.14. The highest BCUT2D eigenvalue weighted by Gasteiger charge is 2.09. The molecule has 0 atom stereocenters. The standard InChI is InChI=1S/C15H20FN3/c16-13-3-4-14-12(11-18-15(14)10-13)2-1-7-19-8-5-17-6-9-19/h3-4,10-11,17-18H,1-2,5-9H2. The van der Waals surface area contributed by atoms with Gasteiger partial charge >= 0.3 is 0 Å². The van der Waals surface area contributed by atoms with Gasteiger partial charge in [-0.2, -0.15) is 0 Å². The van der Waals surface area contributed by atoms with Crippen molar-refractivity contribution in [1.29, 1.82) is 0 Å². The van der Waals surface area contributed by atoms with Gasteiger partial charge in [-0.3, -0.25) is 0 Å². The van der Waals surface area contributed by atoms with E-state index in [0.29, 0.717) is 0 Å². The zero-order valence-corrected chi connectivity index (χ0v) is 11.1. The summed E-state index contributed by atoms with van der Waals surface area (Å²) in [5.74, 6) is -0.179. The van der Waals surface area contributed by atoms with Crippen LogP contribution in [0.2, 0.25) is 0 Å². The van der Waals surface area contributed by atoms with Crippen molar-refractivity contribution in [1.82, 2.24) is 15.2 Å². The van der Waals surface area contributed by atoms with Crippen molar-refractivity contribution < 1.29 is 4.39 Å². The lowest BCUT2D eigenvalue weighted by atomic mass is 10.1. The first-order valence-corrected chi connectivity index (χ1v) is 7.01. The Morgan fingerprint density at radius 2 is 2.05 bits per heavy atom. The van der Waals surface area contributed by atoms with Gasteiger partial charge in [0.1, 0.15) is 5.82 Å². The minimum absolute atomic E-state index is 0.179. The third kappa shape index (κ3) is 2.96. The van der Waals surface area contributed by atoms with Gasteiger partial charge in [-0.1, -0.05) is 0 Å². The van der Waals surface area contributed by atoms with Crippen LogP contribution < -0.4 is 5.32 Å². The summed E-state index contributed by atoms with van der Waals surface area (Å²) in [6.07, 6.45) is 4.22. The SMILES string of the molecule is Fc1ccc2c(CCCN3CCNCC3)c[nH]c2c1. The van der Waals surface area contributed by atoms with E-state index >= 15 is 0 Å². The molecule has 2 heterocycles. The Kier molecular flexibility index (Phi) is 3.80. The van der Waals surface area contributed by atoms with Crippen LogP contribution in [0.15, 0.2) is 24.4 Å². The Balaban J connectivity index is 1.59. The molecule has 0 spiro atoms. The topological polar surface area (TPSA) is 31.1 Å². The monoisotopic (exact) mass is 261 g/mol. The number of halogens is 1. The van der Waals surface area contributed by atoms with E-state index in [1.807, 2.05) is 12.3 Å². The van der Waals surface area contributed by atoms with Gasteiger partial charge in [0.2, 0.25) is 0 Å². The third-order valence-corrected chi connectivity index (χ3v) is 3.86. The number of hydrogen-bond acceptors (Lipinski definition) is 2. The van der Waals surface area contributed by atoms with E-state index in [9.17, 15) is 4.39 Å². The zero-order chi connectivity index (χ0) is 13.1. The van der Waals surface area contributed by atoms with Crippen LogP contribution in [0.5, 0.6) is 0 Å². The van der Waals surface area contributed by atoms with Crippen molar-refractivity contribution in [3.05, 3.63) is 35.8 Å². The molecule has 0 unspecified atom stereocenters. The number of benzene rings is 1. The molecule has 1 aromatic heterocycles. The van der Waals surface area contributed by atoms with E-state index in [-0.39, 0.29) is 5.82 Å². The van der Waals surface area contributed by atoms with Crippen LogP contribution in [0.3, 0.4) is 0 Å². The molecule has 3 rings (SSSR count). The van der Waals surface area contributed by atoms with E-state index in [0.717, 1.165) is 56.5 Å². The highest BCUT2D eigenvalue weighted by atomic mass is 19.1. The number of aryl methyl sites for hydroxylation is 1. The second kappa shape index (κ2) is 5.72. The van der Waals surface area contributed by atoms with Crippen LogP contribution in [0.4, 0.5) is 4.39 Å². The van der Waals surface area contributed by atoms with Gasteiger partial charge in [-0.05, 0) is 43.1 Å². The molecule has 2 aromatic rings. The van der Waals surface area contributed by atoms with E-state index in [1.54, 1.807) is 6.07 Å². The lowest BCUT2D eigenvalue weighted by Gasteiger charge is -2.26. The molecular weight excluding hydrogens is 241 g/mol. The smallest absolute Gasteiger partial charge is 0.125 e. The molecular formula is C15H20FN3. The first-order valence-electron chi connectivity index (χ1n) is 7.01. The maximum absolute atomic E-state index is 13.1. The Hall–Kier alpha value is -1.39. The fourth-order valence-electron chi connectivity index (χ4n) is 2.79. The normalized spacial score (nSPS) is 17.1. The zero-order valence-electron chi connectivity index (χ0n) is 11.1. The van der Waals surface area contributed by atoms with Crippen molar-refractivity contribution in [2.75, 3.05) is 32.7 Å². The van der Waals surface area contributed by atoms with Crippen molar-refractivity contribution in [2.24, 2.45) is 0 Å². The van der Waals surface area contributed by atoms with Crippen molar-refractivity contribution in [3.63, 3.8) is 0 Å². The summed E-state index contributed by atoms with van der Waals surface area (Å²) < 4.78 is 13.1. The molecule has 3 nitrogen and oxygen atoms in total. The summed E-state index contributed by atoms with van der Waals surface area (Å²) in [6.45, 7) is 5.66. The Labute approximate surface area is 112 Å². The maximum Gasteiger partial charge on any atom is 0.125 e. The average molecular weight is 261 g/mol. The molecule has 1 fully saturated rings. The van der Waals surface area contributed by atoms with Crippen LogP contribution >= 0.6 is 0 Å². The number of piperazine rings is 1. The van der Waals surface area contributed by atoms with E-state index < -0.39 is 0 Å². The molecule has 1 saturated heterocycles. The fourth-order valence-corrected chi connectivity index (χ4v) is 2.79. The summed E-state index contributed by atoms with van der Waals surface area (Å²) in [5, 5.41) is 4.52. The summed E-state index contributed by atoms with van der Waals surface area (Å²) in [5.41, 5.74) is 2.20. The number of H-pyrrole nitrogens is 1. The molecule has 0 bridgehead atoms. The number of fused-ring (bicyclic) bond motifs is 1. The molecule has 102 valence electrons. The largest absolute Gasteiger partial charge is 0.361 e. The van der Waals surface area contributed by atoms with Crippen LogP contribution in [-0.4, -0.2) is 42.6 Å². The number of hydrogen-bond donors (Lipinski definition) is 2. The summed E-state index contributed by atoms with van der Waals surface area (Å²) in [6, 6.07) is 4.98. The predicted molar refractivity (Wildman–Crippen MR) is 75.9 cm³/mol. The molecule has 19 heavy (non-hydrogen) atoms. The lowest BCUT2D eigenvalue weighted by Crippen LogP contribution is -2.43. The molecule has 1 aromatic carbocycles. The van der Waals surface area contributed by atoms with E-state index in [4.69, 9.17) is 0 Å². The van der Waals surface area contributed by atoms with Gasteiger partial charge < -0.3 is 15.2 Å². The molecule has 1 aliphatic rings. The molecule has 0 radical (unpaired) electrons. The van der Waals surface area contributed by atoms with E-state index in [2.05, 4.69) is 15.2 Å². The van der Waals surface area contributed by atoms with Gasteiger partial charge in [0, 0.05) is 43.3 Å². The Morgan fingerprint density at radius 1 is 1.21 bits per heavy atom. The van der Waals surface area contributed by atoms with Gasteiger partial charge in [0.25, 0.3) is 0 Å². The second-order valence-electron chi connectivity index (χ2n) is 5.20. The summed E-state index contributed by atoms with van der Waals surface area (Å²) in [4.78, 5) is 5.66. The van der Waals surface area contributed by atoms with Gasteiger partial charge in [-0.15, -0.1) is 0 Å². The Morgan fingerprint density at radius 3 is 2.89 bits per heavy atom. The Bertz CT molecular complexity index is 543. The van der Waals surface area contributed by atoms with Crippen molar-refractivity contribution >= 4 is 10.9 Å². The van der Waals surface area contributed by atoms with Crippen LogP contribution in [0.25, 0.3) is 10.9 Å². The number of aromatic amines is 1. The summed E-state index contributed by atoms with van der Waals surface area (Å²) >= 11 is 0. The molecule has 0 amide bonds. The molecule has 1 aliphatic heterocycles. The fraction of sp³-hybridized carbons (Fsp3) is 0.467. The average Bonchev–Trinajstić information content (AvgIpc) is 2.82. The first-order chi connectivity index (χ1) is 9.33. The highest BCUT2D eigenvalue weighted by Crippen LogP contribution is 2.20. The lowest BCUT2D eigenvalue weighted by molar-refractivity contribution is 0.238. The number of aromatic nitrogens is 1. The second-order valence-corrected chi connectivity index (χ2v) is 5.20. The number of nitrogens with zero attached hydrogens (tertiary/aromatic N) is 1. The van der Waals surface area contributed by atoms with Crippen LogP contribution in [-0.2, 0) is 6.42 Å². The van der Waals surface area contributed by atoms with Gasteiger partial charge in [0.05, 0.1) is 0 Å². The van der Waals surface area contributed by atoms with Gasteiger partial charge in [-0.25, -0.2) is 4.39 Å². The number of nitrogens with one attached hydrogen (secondary N) is 2. The quantitative estimate of drug-likeness (QED) is 0.883. The minimum Gasteiger partial charge on any atom is -0.361 e. The maximum atomic E-state index is 13.1. The van der Waals surface area contributed by atoms with Gasteiger partial charge in [0.15, 0.2) is 0 Å². The third-order valence-electron chi connectivity index (χ3n) is 3.86. The highest BCUT2D eigenvalue weighted by molar-refractivity contribution is 5.83. The van der Waals surface area contributed by atoms with Crippen molar-refractivity contribution in [3.8, 4) is 0 Å². The van der Waals surface area contributed by atoms with Crippen LogP contribution in [0.1, 0.15) is 12.0 Å². The molecule has 0 saturated carbocycles. The molecule has 0 aliphatic carbocycles. The van der Waals surface area contributed by atoms with Crippen molar-refractivity contribution in [2.45, 2.75) is 12.8 Å². The summed E-state index contributed by atoms with van der Waals surface area (Å²) in [7, 11) is 0. The van der Waals surface area contributed by atoms with Crippen LogP contribution in [0, 0.1) is 5.82 Å². The molecule has 4 heteroatoms. The van der Waals surface area contributed by atoms with E-state index in [1.165, 1.54) is 11.6 Å². The first kappa shape index (κ1) is 12.6. The molecule has 2 N–H and O–H groups in total. The number of rotatable bonds is 4.